The molecule has 0 saturated carbocycles. The smallest absolute Gasteiger partial charge is 0.172 e. The molecule has 0 atom stereocenters. The van der Waals surface area contributed by atoms with Crippen molar-refractivity contribution < 1.29 is 9.90 Å². The van der Waals surface area contributed by atoms with Crippen molar-refractivity contribution in [3.05, 3.63) is 58.7 Å². The molecular weight excluding hydrogens is 338 g/mol. The Morgan fingerprint density at radius 3 is 2.44 bits per heavy atom. The second-order valence-electron chi connectivity index (χ2n) is 8.11. The van der Waals surface area contributed by atoms with Crippen molar-refractivity contribution in [1.82, 2.24) is 9.97 Å². The number of aromatic hydroxyl groups is 1. The van der Waals surface area contributed by atoms with Crippen LogP contribution in [0.2, 0.25) is 0 Å². The third kappa shape index (κ3) is 4.35. The van der Waals surface area contributed by atoms with Crippen LogP contribution in [0, 0.1) is 6.92 Å². The van der Waals surface area contributed by atoms with Crippen LogP contribution in [0.4, 0.5) is 5.69 Å². The summed E-state index contributed by atoms with van der Waals surface area (Å²) < 4.78 is 0. The van der Waals surface area contributed by atoms with E-state index in [0.717, 1.165) is 19.5 Å². The topological polar surface area (TPSA) is 66.3 Å². The fourth-order valence-corrected chi connectivity index (χ4v) is 3.29. The average molecular weight is 365 g/mol. The number of hydrogen-bond donors (Lipinski definition) is 1. The predicted molar refractivity (Wildman–Crippen MR) is 108 cm³/mol. The molecule has 2 aromatic rings. The number of anilines is 1. The van der Waals surface area contributed by atoms with Crippen LogP contribution in [0.1, 0.15) is 54.8 Å². The Labute approximate surface area is 160 Å². The maximum Gasteiger partial charge on any atom is 0.172 e. The van der Waals surface area contributed by atoms with Crippen molar-refractivity contribution in [1.29, 1.82) is 0 Å². The van der Waals surface area contributed by atoms with Crippen LogP contribution in [0.3, 0.4) is 0 Å². The number of benzene rings is 1. The van der Waals surface area contributed by atoms with Gasteiger partial charge in [0.25, 0.3) is 0 Å². The molecular formula is C22H27N3O2. The van der Waals surface area contributed by atoms with Gasteiger partial charge in [-0.25, -0.2) is 9.97 Å². The van der Waals surface area contributed by atoms with Gasteiger partial charge >= 0.3 is 0 Å². The minimum Gasteiger partial charge on any atom is -0.504 e. The van der Waals surface area contributed by atoms with Crippen molar-refractivity contribution in [2.45, 2.75) is 46.0 Å². The summed E-state index contributed by atoms with van der Waals surface area (Å²) in [5.74, 6) is 0.456. The van der Waals surface area contributed by atoms with E-state index in [0.29, 0.717) is 24.2 Å². The van der Waals surface area contributed by atoms with Gasteiger partial charge in [0.1, 0.15) is 11.5 Å². The molecule has 2 heterocycles. The maximum absolute atomic E-state index is 11.0. The van der Waals surface area contributed by atoms with Gasteiger partial charge in [0.15, 0.2) is 12.0 Å². The van der Waals surface area contributed by atoms with E-state index in [9.17, 15) is 9.90 Å². The number of aldehydes is 1. The van der Waals surface area contributed by atoms with E-state index in [1.54, 1.807) is 6.92 Å². The molecule has 0 unspecified atom stereocenters. The van der Waals surface area contributed by atoms with Crippen molar-refractivity contribution in [2.75, 3.05) is 18.0 Å². The molecule has 1 aromatic carbocycles. The first kappa shape index (κ1) is 19.1. The summed E-state index contributed by atoms with van der Waals surface area (Å²) in [6.07, 6.45) is 4.33. The molecule has 1 aromatic heterocycles. The van der Waals surface area contributed by atoms with Gasteiger partial charge in [-0.2, -0.15) is 0 Å². The molecule has 0 amide bonds. The van der Waals surface area contributed by atoms with Crippen molar-refractivity contribution in [3.8, 4) is 5.75 Å². The van der Waals surface area contributed by atoms with Gasteiger partial charge in [-0.05, 0) is 36.5 Å². The Balaban J connectivity index is 1.68. The summed E-state index contributed by atoms with van der Waals surface area (Å²) in [5, 5.41) is 9.78. The molecule has 0 fully saturated rings. The first-order valence-corrected chi connectivity index (χ1v) is 9.33. The van der Waals surface area contributed by atoms with Gasteiger partial charge in [0.05, 0.1) is 5.69 Å². The lowest BCUT2D eigenvalue weighted by Crippen LogP contribution is -2.29. The highest BCUT2D eigenvalue weighted by Gasteiger charge is 2.17. The molecule has 3 rings (SSSR count). The van der Waals surface area contributed by atoms with Gasteiger partial charge in [0, 0.05) is 25.2 Å². The minimum absolute atomic E-state index is 0.0643. The van der Waals surface area contributed by atoms with Crippen LogP contribution >= 0.6 is 0 Å². The van der Waals surface area contributed by atoms with Crippen LogP contribution in [0.15, 0.2) is 35.9 Å². The molecule has 5 heteroatoms. The minimum atomic E-state index is -0.128. The number of hydrogen-bond acceptors (Lipinski definition) is 5. The Morgan fingerprint density at radius 1 is 1.19 bits per heavy atom. The molecule has 5 nitrogen and oxygen atoms in total. The van der Waals surface area contributed by atoms with E-state index < -0.39 is 0 Å². The van der Waals surface area contributed by atoms with Gasteiger partial charge < -0.3 is 10.0 Å². The van der Waals surface area contributed by atoms with Gasteiger partial charge in [-0.15, -0.1) is 0 Å². The van der Waals surface area contributed by atoms with E-state index in [-0.39, 0.29) is 16.9 Å². The molecule has 27 heavy (non-hydrogen) atoms. The van der Waals surface area contributed by atoms with Crippen LogP contribution in [-0.2, 0) is 11.8 Å². The largest absolute Gasteiger partial charge is 0.504 e. The molecule has 0 saturated heterocycles. The zero-order valence-corrected chi connectivity index (χ0v) is 16.5. The number of aryl methyl sites for hydroxylation is 1. The summed E-state index contributed by atoms with van der Waals surface area (Å²) >= 11 is 0. The lowest BCUT2D eigenvalue weighted by molar-refractivity contribution is 0.111. The summed E-state index contributed by atoms with van der Waals surface area (Å²) in [6, 6.07) is 8.82. The van der Waals surface area contributed by atoms with Crippen molar-refractivity contribution in [2.24, 2.45) is 0 Å². The predicted octanol–water partition coefficient (Wildman–Crippen LogP) is 3.98. The summed E-state index contributed by atoms with van der Waals surface area (Å²) in [5.41, 5.74) is 4.51. The number of aromatic nitrogens is 2. The average Bonchev–Trinajstić information content (AvgIpc) is 2.64. The first-order chi connectivity index (χ1) is 12.8. The lowest BCUT2D eigenvalue weighted by Gasteiger charge is -2.29. The first-order valence-electron chi connectivity index (χ1n) is 9.33. The molecule has 1 N–H and O–H groups in total. The highest BCUT2D eigenvalue weighted by molar-refractivity contribution is 5.76. The highest BCUT2D eigenvalue weighted by Crippen LogP contribution is 2.27. The van der Waals surface area contributed by atoms with Crippen molar-refractivity contribution >= 4 is 12.0 Å². The number of rotatable bonds is 4. The number of nitrogens with zero attached hydrogens (tertiary/aromatic N) is 3. The van der Waals surface area contributed by atoms with Gasteiger partial charge in [0.2, 0.25) is 0 Å². The molecule has 1 aliphatic rings. The zero-order chi connectivity index (χ0) is 19.6. The second-order valence-corrected chi connectivity index (χ2v) is 8.11. The SMILES string of the molecule is Cc1nc(CC2=CCN(c3ccc(C(C)(C)C)cc3)CC2)nc(C=O)c1O. The Kier molecular flexibility index (Phi) is 5.31. The second kappa shape index (κ2) is 7.51. The van der Waals surface area contributed by atoms with E-state index >= 15 is 0 Å². The molecule has 0 bridgehead atoms. The van der Waals surface area contributed by atoms with E-state index in [1.807, 2.05) is 0 Å². The Morgan fingerprint density at radius 2 is 1.89 bits per heavy atom. The van der Waals surface area contributed by atoms with Gasteiger partial charge in [-0.3, -0.25) is 4.79 Å². The molecule has 0 spiro atoms. The Hall–Kier alpha value is -2.69. The molecule has 1 aliphatic heterocycles. The zero-order valence-electron chi connectivity index (χ0n) is 16.5. The third-order valence-electron chi connectivity index (χ3n) is 5.03. The number of carbonyl (C=O) groups is 1. The molecule has 0 radical (unpaired) electrons. The third-order valence-corrected chi connectivity index (χ3v) is 5.03. The van der Waals surface area contributed by atoms with Crippen LogP contribution < -0.4 is 4.90 Å². The van der Waals surface area contributed by atoms with E-state index in [4.69, 9.17) is 0 Å². The van der Waals surface area contributed by atoms with E-state index in [1.165, 1.54) is 16.8 Å². The number of carbonyl (C=O) groups excluding carboxylic acids is 1. The highest BCUT2D eigenvalue weighted by atomic mass is 16.3. The maximum atomic E-state index is 11.0. The van der Waals surface area contributed by atoms with Gasteiger partial charge in [-0.1, -0.05) is 44.6 Å². The standard InChI is InChI=1S/C22H27N3O2/c1-15-21(27)19(14-26)24-20(23-15)13-16-9-11-25(12-10-16)18-7-5-17(6-8-18)22(2,3)4/h5-9,14,27H,10-13H2,1-4H3. The van der Waals surface area contributed by atoms with E-state index in [2.05, 4.69) is 66.0 Å². The van der Waals surface area contributed by atoms with Crippen LogP contribution in [0.5, 0.6) is 5.75 Å². The Bertz CT molecular complexity index is 864. The monoisotopic (exact) mass is 365 g/mol. The summed E-state index contributed by atoms with van der Waals surface area (Å²) in [6.45, 7) is 10.1. The fourth-order valence-electron chi connectivity index (χ4n) is 3.29. The normalized spacial score (nSPS) is 14.8. The van der Waals surface area contributed by atoms with Crippen LogP contribution in [0.25, 0.3) is 0 Å². The summed E-state index contributed by atoms with van der Waals surface area (Å²) in [7, 11) is 0. The quantitative estimate of drug-likeness (QED) is 0.656. The van der Waals surface area contributed by atoms with Crippen LogP contribution in [-0.4, -0.2) is 34.5 Å². The van der Waals surface area contributed by atoms with Crippen molar-refractivity contribution in [3.63, 3.8) is 0 Å². The molecule has 142 valence electrons. The summed E-state index contributed by atoms with van der Waals surface area (Å²) in [4.78, 5) is 21.9. The fraction of sp³-hybridized carbons (Fsp3) is 0.409. The lowest BCUT2D eigenvalue weighted by atomic mass is 9.87. The molecule has 0 aliphatic carbocycles.